The first-order valence-electron chi connectivity index (χ1n) is 6.80. The van der Waals surface area contributed by atoms with Crippen molar-refractivity contribution in [3.05, 3.63) is 18.3 Å². The monoisotopic (exact) mass is 245 g/mol. The molecule has 0 radical (unpaired) electrons. The highest BCUT2D eigenvalue weighted by molar-refractivity contribution is 5.71. The quantitative estimate of drug-likeness (QED) is 0.862. The van der Waals surface area contributed by atoms with Crippen LogP contribution < -0.4 is 5.32 Å². The summed E-state index contributed by atoms with van der Waals surface area (Å²) in [5, 5.41) is 3.63. The minimum Gasteiger partial charge on any atom is -0.342 e. The van der Waals surface area contributed by atoms with Gasteiger partial charge >= 0.3 is 0 Å². The molecule has 5 nitrogen and oxygen atoms in total. The summed E-state index contributed by atoms with van der Waals surface area (Å²) in [4.78, 5) is 15.7. The van der Waals surface area contributed by atoms with Crippen LogP contribution in [0.1, 0.15) is 37.8 Å². The first-order chi connectivity index (χ1) is 8.93. The average Bonchev–Trinajstić information content (AvgIpc) is 2.89. The molecule has 2 aromatic rings. The van der Waals surface area contributed by atoms with E-state index in [1.165, 1.54) is 32.1 Å². The summed E-state index contributed by atoms with van der Waals surface area (Å²) >= 11 is 0. The van der Waals surface area contributed by atoms with Gasteiger partial charge in [-0.15, -0.1) is 0 Å². The molecule has 2 aromatic heterocycles. The number of hydrogen-bond donors (Lipinski definition) is 2. The molecule has 2 heterocycles. The Morgan fingerprint density at radius 3 is 2.94 bits per heavy atom. The molecule has 0 unspecified atom stereocenters. The van der Waals surface area contributed by atoms with Crippen molar-refractivity contribution in [1.82, 2.24) is 25.3 Å². The van der Waals surface area contributed by atoms with Gasteiger partial charge in [-0.25, -0.2) is 15.0 Å². The van der Waals surface area contributed by atoms with Crippen LogP contribution in [0.5, 0.6) is 0 Å². The SMILES string of the molecule is c1nc(CCNC2CCCCC2)c2[nH]cnc2n1. The Morgan fingerprint density at radius 2 is 2.06 bits per heavy atom. The molecule has 1 fully saturated rings. The second kappa shape index (κ2) is 5.44. The van der Waals surface area contributed by atoms with Gasteiger partial charge in [0, 0.05) is 19.0 Å². The Labute approximate surface area is 106 Å². The van der Waals surface area contributed by atoms with E-state index in [4.69, 9.17) is 0 Å². The van der Waals surface area contributed by atoms with E-state index >= 15 is 0 Å². The Morgan fingerprint density at radius 1 is 1.17 bits per heavy atom. The molecule has 0 saturated heterocycles. The molecule has 0 aromatic carbocycles. The third-order valence-electron chi connectivity index (χ3n) is 3.70. The van der Waals surface area contributed by atoms with E-state index in [0.29, 0.717) is 6.04 Å². The molecular formula is C13H19N5. The second-order valence-corrected chi connectivity index (χ2v) is 4.96. The van der Waals surface area contributed by atoms with Crippen molar-refractivity contribution in [2.45, 2.75) is 44.6 Å². The third-order valence-corrected chi connectivity index (χ3v) is 3.70. The Balaban J connectivity index is 1.57. The molecule has 2 N–H and O–H groups in total. The standard InChI is InChI=1S/C13H19N5/c1-2-4-10(5-3-1)14-7-6-11-12-13(17-8-15-11)18-9-16-12/h8-10,14H,1-7H2,(H,15,16,17,18). The average molecular weight is 245 g/mol. The first-order valence-corrected chi connectivity index (χ1v) is 6.80. The van der Waals surface area contributed by atoms with Gasteiger partial charge in [-0.3, -0.25) is 0 Å². The van der Waals surface area contributed by atoms with Crippen LogP contribution in [0.4, 0.5) is 0 Å². The maximum absolute atomic E-state index is 4.34. The van der Waals surface area contributed by atoms with Crippen LogP contribution in [0.3, 0.4) is 0 Å². The van der Waals surface area contributed by atoms with Crippen molar-refractivity contribution in [3.8, 4) is 0 Å². The van der Waals surface area contributed by atoms with Crippen LogP contribution >= 0.6 is 0 Å². The molecule has 3 rings (SSSR count). The molecule has 96 valence electrons. The van der Waals surface area contributed by atoms with E-state index in [2.05, 4.69) is 25.3 Å². The Kier molecular flexibility index (Phi) is 3.50. The van der Waals surface area contributed by atoms with Gasteiger partial charge in [0.2, 0.25) is 0 Å². The highest BCUT2D eigenvalue weighted by atomic mass is 15.0. The van der Waals surface area contributed by atoms with E-state index in [9.17, 15) is 0 Å². The van der Waals surface area contributed by atoms with E-state index in [0.717, 1.165) is 29.8 Å². The van der Waals surface area contributed by atoms with E-state index in [1.807, 2.05) is 0 Å². The Bertz CT molecular complexity index is 501. The van der Waals surface area contributed by atoms with Gasteiger partial charge in [0.15, 0.2) is 5.65 Å². The number of nitrogens with one attached hydrogen (secondary N) is 2. The van der Waals surface area contributed by atoms with E-state index in [-0.39, 0.29) is 0 Å². The van der Waals surface area contributed by atoms with Crippen molar-refractivity contribution >= 4 is 11.2 Å². The molecule has 18 heavy (non-hydrogen) atoms. The van der Waals surface area contributed by atoms with Crippen LogP contribution in [0.25, 0.3) is 11.2 Å². The summed E-state index contributed by atoms with van der Waals surface area (Å²) in [5.74, 6) is 0. The summed E-state index contributed by atoms with van der Waals surface area (Å²) in [6.45, 7) is 0.982. The largest absolute Gasteiger partial charge is 0.342 e. The highest BCUT2D eigenvalue weighted by Gasteiger charge is 2.12. The zero-order valence-corrected chi connectivity index (χ0v) is 10.5. The predicted molar refractivity (Wildman–Crippen MR) is 70.3 cm³/mol. The maximum atomic E-state index is 4.34. The lowest BCUT2D eigenvalue weighted by Gasteiger charge is -2.22. The zero-order valence-electron chi connectivity index (χ0n) is 10.5. The molecule has 0 amide bonds. The molecule has 1 aliphatic carbocycles. The zero-order chi connectivity index (χ0) is 12.2. The number of H-pyrrole nitrogens is 1. The second-order valence-electron chi connectivity index (χ2n) is 4.96. The molecule has 0 atom stereocenters. The summed E-state index contributed by atoms with van der Waals surface area (Å²) in [6, 6.07) is 0.706. The normalized spacial score (nSPS) is 17.3. The number of hydrogen-bond acceptors (Lipinski definition) is 4. The van der Waals surface area contributed by atoms with Crippen LogP contribution in [-0.2, 0) is 6.42 Å². The van der Waals surface area contributed by atoms with Gasteiger partial charge in [-0.1, -0.05) is 19.3 Å². The van der Waals surface area contributed by atoms with Crippen molar-refractivity contribution in [1.29, 1.82) is 0 Å². The van der Waals surface area contributed by atoms with Gasteiger partial charge < -0.3 is 10.3 Å². The smallest absolute Gasteiger partial charge is 0.180 e. The topological polar surface area (TPSA) is 66.5 Å². The molecule has 5 heteroatoms. The summed E-state index contributed by atoms with van der Waals surface area (Å²) in [5.41, 5.74) is 2.79. The number of rotatable bonds is 4. The first kappa shape index (κ1) is 11.6. The van der Waals surface area contributed by atoms with Crippen LogP contribution in [0.2, 0.25) is 0 Å². The molecular weight excluding hydrogens is 226 g/mol. The van der Waals surface area contributed by atoms with Crippen LogP contribution in [0.15, 0.2) is 12.7 Å². The number of imidazole rings is 1. The Hall–Kier alpha value is -1.49. The number of aromatic nitrogens is 4. The van der Waals surface area contributed by atoms with Gasteiger partial charge in [0.25, 0.3) is 0 Å². The van der Waals surface area contributed by atoms with Gasteiger partial charge in [0.05, 0.1) is 12.0 Å². The van der Waals surface area contributed by atoms with E-state index < -0.39 is 0 Å². The molecule has 0 bridgehead atoms. The van der Waals surface area contributed by atoms with Crippen molar-refractivity contribution in [2.75, 3.05) is 6.54 Å². The summed E-state index contributed by atoms with van der Waals surface area (Å²) in [7, 11) is 0. The number of aromatic amines is 1. The molecule has 1 aliphatic rings. The minimum atomic E-state index is 0.706. The molecule has 1 saturated carbocycles. The number of fused-ring (bicyclic) bond motifs is 1. The summed E-state index contributed by atoms with van der Waals surface area (Å²) in [6.07, 6.45) is 11.0. The molecule has 0 aliphatic heterocycles. The third kappa shape index (κ3) is 2.51. The van der Waals surface area contributed by atoms with E-state index in [1.54, 1.807) is 12.7 Å². The maximum Gasteiger partial charge on any atom is 0.180 e. The fourth-order valence-electron chi connectivity index (χ4n) is 2.71. The lowest BCUT2D eigenvalue weighted by molar-refractivity contribution is 0.375. The van der Waals surface area contributed by atoms with Crippen LogP contribution in [-0.4, -0.2) is 32.5 Å². The van der Waals surface area contributed by atoms with Gasteiger partial charge in [0.1, 0.15) is 11.8 Å². The fraction of sp³-hybridized carbons (Fsp3) is 0.615. The lowest BCUT2D eigenvalue weighted by Crippen LogP contribution is -2.32. The summed E-state index contributed by atoms with van der Waals surface area (Å²) < 4.78 is 0. The van der Waals surface area contributed by atoms with Crippen molar-refractivity contribution < 1.29 is 0 Å². The fourth-order valence-corrected chi connectivity index (χ4v) is 2.71. The van der Waals surface area contributed by atoms with Crippen molar-refractivity contribution in [3.63, 3.8) is 0 Å². The lowest BCUT2D eigenvalue weighted by atomic mass is 9.95. The van der Waals surface area contributed by atoms with Gasteiger partial charge in [-0.05, 0) is 12.8 Å². The van der Waals surface area contributed by atoms with Crippen molar-refractivity contribution in [2.24, 2.45) is 0 Å². The minimum absolute atomic E-state index is 0.706. The highest BCUT2D eigenvalue weighted by Crippen LogP contribution is 2.17. The molecule has 0 spiro atoms. The van der Waals surface area contributed by atoms with Crippen LogP contribution in [0, 0.1) is 0 Å². The predicted octanol–water partition coefficient (Wildman–Crippen LogP) is 1.82. The van der Waals surface area contributed by atoms with Gasteiger partial charge in [-0.2, -0.15) is 0 Å². The number of nitrogens with zero attached hydrogens (tertiary/aromatic N) is 3.